The molecule has 3 aliphatic rings. The van der Waals surface area contributed by atoms with Gasteiger partial charge in [-0.05, 0) is 31.4 Å². The molecule has 0 radical (unpaired) electrons. The Morgan fingerprint density at radius 1 is 1.10 bits per heavy atom. The van der Waals surface area contributed by atoms with Gasteiger partial charge in [-0.2, -0.15) is 12.6 Å². The van der Waals surface area contributed by atoms with Gasteiger partial charge in [-0.15, -0.1) is 0 Å². The Morgan fingerprint density at radius 3 is 2.38 bits per heavy atom. The van der Waals surface area contributed by atoms with Gasteiger partial charge >= 0.3 is 6.03 Å². The Hall–Kier alpha value is -0.750. The number of thiol groups is 1. The second-order valence-electron chi connectivity index (χ2n) is 6.73. The number of nitrogens with zero attached hydrogens (tertiary/aromatic N) is 1. The summed E-state index contributed by atoms with van der Waals surface area (Å²) in [4.78, 5) is 26.6. The summed E-state index contributed by atoms with van der Waals surface area (Å²) in [5, 5.41) is 2.98. The second-order valence-corrected chi connectivity index (χ2v) is 7.05. The van der Waals surface area contributed by atoms with Crippen molar-refractivity contribution < 1.29 is 14.3 Å². The predicted octanol–water partition coefficient (Wildman–Crippen LogP) is 1.97. The zero-order valence-electron chi connectivity index (χ0n) is 12.4. The van der Waals surface area contributed by atoms with Gasteiger partial charge in [0.25, 0.3) is 5.91 Å². The second kappa shape index (κ2) is 5.80. The summed E-state index contributed by atoms with van der Waals surface area (Å²) in [7, 11) is 0. The summed E-state index contributed by atoms with van der Waals surface area (Å²) in [5.74, 6) is 0.667. The number of carbonyl (C=O) groups is 2. The molecule has 6 heteroatoms. The van der Waals surface area contributed by atoms with E-state index in [4.69, 9.17) is 4.74 Å². The molecule has 1 saturated carbocycles. The van der Waals surface area contributed by atoms with Crippen LogP contribution in [0.25, 0.3) is 0 Å². The van der Waals surface area contributed by atoms with Crippen molar-refractivity contribution in [1.29, 1.82) is 0 Å². The van der Waals surface area contributed by atoms with Crippen LogP contribution in [-0.4, -0.2) is 47.9 Å². The average Bonchev–Trinajstić information content (AvgIpc) is 2.73. The highest BCUT2D eigenvalue weighted by Crippen LogP contribution is 2.38. The number of urea groups is 1. The first-order valence-electron chi connectivity index (χ1n) is 7.94. The van der Waals surface area contributed by atoms with Crippen LogP contribution in [0.1, 0.15) is 44.9 Å². The zero-order chi connectivity index (χ0) is 14.9. The minimum atomic E-state index is -0.613. The smallest absolute Gasteiger partial charge is 0.325 e. The van der Waals surface area contributed by atoms with Gasteiger partial charge in [-0.25, -0.2) is 4.79 Å². The SMILES string of the molecule is O=C1NC2(CCCCC2)C(=O)N1CC1(CS)CCOCC1. The van der Waals surface area contributed by atoms with Crippen LogP contribution in [0.2, 0.25) is 0 Å². The van der Waals surface area contributed by atoms with Crippen molar-refractivity contribution in [2.75, 3.05) is 25.5 Å². The van der Waals surface area contributed by atoms with Crippen molar-refractivity contribution in [3.05, 3.63) is 0 Å². The van der Waals surface area contributed by atoms with E-state index in [0.717, 1.165) is 44.9 Å². The fraction of sp³-hybridized carbons (Fsp3) is 0.867. The number of nitrogens with one attached hydrogen (secondary N) is 1. The van der Waals surface area contributed by atoms with E-state index in [-0.39, 0.29) is 17.4 Å². The number of imide groups is 1. The van der Waals surface area contributed by atoms with Crippen LogP contribution in [0.4, 0.5) is 4.79 Å². The van der Waals surface area contributed by atoms with Crippen molar-refractivity contribution in [2.45, 2.75) is 50.5 Å². The van der Waals surface area contributed by atoms with Crippen LogP contribution in [0.5, 0.6) is 0 Å². The lowest BCUT2D eigenvalue weighted by molar-refractivity contribution is -0.134. The Balaban J connectivity index is 1.75. The first-order chi connectivity index (χ1) is 10.1. The maximum absolute atomic E-state index is 12.8. The predicted molar refractivity (Wildman–Crippen MR) is 82.4 cm³/mol. The normalized spacial score (nSPS) is 28.0. The molecule has 0 unspecified atom stereocenters. The Labute approximate surface area is 131 Å². The Kier molecular flexibility index (Phi) is 4.19. The third kappa shape index (κ3) is 2.68. The quantitative estimate of drug-likeness (QED) is 0.619. The minimum absolute atomic E-state index is 0.0140. The maximum Gasteiger partial charge on any atom is 0.325 e. The van der Waals surface area contributed by atoms with Gasteiger partial charge in [0, 0.05) is 25.2 Å². The Bertz CT molecular complexity index is 429. The number of hydrogen-bond acceptors (Lipinski definition) is 4. The van der Waals surface area contributed by atoms with Crippen LogP contribution < -0.4 is 5.32 Å². The molecule has 21 heavy (non-hydrogen) atoms. The molecule has 3 fully saturated rings. The van der Waals surface area contributed by atoms with E-state index in [9.17, 15) is 9.59 Å². The summed E-state index contributed by atoms with van der Waals surface area (Å²) in [6, 6.07) is -0.213. The summed E-state index contributed by atoms with van der Waals surface area (Å²) in [6.07, 6.45) is 6.48. The molecule has 0 aromatic rings. The maximum atomic E-state index is 12.8. The Morgan fingerprint density at radius 2 is 1.76 bits per heavy atom. The van der Waals surface area contributed by atoms with Gasteiger partial charge in [0.1, 0.15) is 5.54 Å². The van der Waals surface area contributed by atoms with Crippen molar-refractivity contribution in [2.24, 2.45) is 5.41 Å². The number of ether oxygens (including phenoxy) is 1. The minimum Gasteiger partial charge on any atom is -0.381 e. The highest BCUT2D eigenvalue weighted by molar-refractivity contribution is 7.80. The largest absolute Gasteiger partial charge is 0.381 e. The van der Waals surface area contributed by atoms with Crippen molar-refractivity contribution in [3.63, 3.8) is 0 Å². The van der Waals surface area contributed by atoms with E-state index in [0.29, 0.717) is 25.5 Å². The van der Waals surface area contributed by atoms with Crippen molar-refractivity contribution in [1.82, 2.24) is 10.2 Å². The first kappa shape index (κ1) is 15.2. The number of amides is 3. The number of hydrogen-bond donors (Lipinski definition) is 2. The molecule has 0 atom stereocenters. The topological polar surface area (TPSA) is 58.6 Å². The zero-order valence-corrected chi connectivity index (χ0v) is 13.3. The molecule has 0 aromatic carbocycles. The van der Waals surface area contributed by atoms with Gasteiger partial charge in [-0.1, -0.05) is 19.3 Å². The molecular weight excluding hydrogens is 288 g/mol. The monoisotopic (exact) mass is 312 g/mol. The van der Waals surface area contributed by atoms with Crippen LogP contribution in [0.3, 0.4) is 0 Å². The molecule has 2 heterocycles. The molecule has 0 bridgehead atoms. The molecule has 2 saturated heterocycles. The summed E-state index contributed by atoms with van der Waals surface area (Å²) in [6.45, 7) is 1.86. The van der Waals surface area contributed by atoms with Crippen molar-refractivity contribution in [3.8, 4) is 0 Å². The van der Waals surface area contributed by atoms with E-state index in [1.54, 1.807) is 0 Å². The molecule has 1 spiro atoms. The van der Waals surface area contributed by atoms with E-state index >= 15 is 0 Å². The number of rotatable bonds is 3. The third-order valence-corrected chi connectivity index (χ3v) is 6.01. The van der Waals surface area contributed by atoms with Gasteiger partial charge in [0.15, 0.2) is 0 Å². The molecule has 1 aliphatic carbocycles. The van der Waals surface area contributed by atoms with E-state index < -0.39 is 5.54 Å². The van der Waals surface area contributed by atoms with E-state index in [1.807, 2.05) is 0 Å². The molecule has 118 valence electrons. The van der Waals surface area contributed by atoms with Crippen LogP contribution >= 0.6 is 12.6 Å². The first-order valence-corrected chi connectivity index (χ1v) is 8.57. The lowest BCUT2D eigenvalue weighted by Crippen LogP contribution is -2.49. The van der Waals surface area contributed by atoms with Crippen LogP contribution in [0.15, 0.2) is 0 Å². The van der Waals surface area contributed by atoms with Gasteiger partial charge in [-0.3, -0.25) is 9.69 Å². The highest BCUT2D eigenvalue weighted by atomic mass is 32.1. The summed E-state index contributed by atoms with van der Waals surface area (Å²) in [5.41, 5.74) is -0.702. The fourth-order valence-corrected chi connectivity index (χ4v) is 4.24. The van der Waals surface area contributed by atoms with Gasteiger partial charge in [0.05, 0.1) is 0 Å². The average molecular weight is 312 g/mol. The van der Waals surface area contributed by atoms with Gasteiger partial charge in [0.2, 0.25) is 0 Å². The third-order valence-electron chi connectivity index (χ3n) is 5.34. The van der Waals surface area contributed by atoms with E-state index in [1.165, 1.54) is 4.90 Å². The van der Waals surface area contributed by atoms with Gasteiger partial charge < -0.3 is 10.1 Å². The molecule has 5 nitrogen and oxygen atoms in total. The lowest BCUT2D eigenvalue weighted by atomic mass is 9.80. The van der Waals surface area contributed by atoms with Crippen LogP contribution in [-0.2, 0) is 9.53 Å². The summed E-state index contributed by atoms with van der Waals surface area (Å²) < 4.78 is 5.42. The molecule has 3 amide bonds. The summed E-state index contributed by atoms with van der Waals surface area (Å²) >= 11 is 4.47. The number of carbonyl (C=O) groups excluding carboxylic acids is 2. The van der Waals surface area contributed by atoms with E-state index in [2.05, 4.69) is 17.9 Å². The highest BCUT2D eigenvalue weighted by Gasteiger charge is 2.52. The lowest BCUT2D eigenvalue weighted by Gasteiger charge is -2.38. The fourth-order valence-electron chi connectivity index (χ4n) is 3.82. The standard InChI is InChI=1S/C15H24N2O3S/c18-12-15(4-2-1-3-5-15)16-13(19)17(12)10-14(11-21)6-8-20-9-7-14/h21H,1-11H2,(H,16,19). The molecule has 0 aromatic heterocycles. The molecule has 3 rings (SSSR count). The molecule has 2 aliphatic heterocycles. The van der Waals surface area contributed by atoms with Crippen LogP contribution in [0, 0.1) is 5.41 Å². The van der Waals surface area contributed by atoms with Crippen molar-refractivity contribution >= 4 is 24.6 Å². The molecular formula is C15H24N2O3S. The molecule has 1 N–H and O–H groups in total.